The van der Waals surface area contributed by atoms with Crippen LogP contribution in [0, 0.1) is 11.6 Å². The fraction of sp³-hybridized carbons (Fsp3) is 0. The molecule has 1 amide bonds. The first-order valence-corrected chi connectivity index (χ1v) is 4.42. The number of amides is 1. The zero-order chi connectivity index (χ0) is 10.7. The fourth-order valence-electron chi connectivity index (χ4n) is 0.836. The van der Waals surface area contributed by atoms with E-state index in [0.29, 0.717) is 6.07 Å². The molecule has 0 unspecified atom stereocenters. The maximum Gasteiger partial charge on any atom is 0.247 e. The van der Waals surface area contributed by atoms with Gasteiger partial charge in [-0.15, -0.1) is 0 Å². The molecule has 74 valence electrons. The summed E-state index contributed by atoms with van der Waals surface area (Å²) in [6.07, 6.45) is 0.995. The molecular weight excluding hydrogens is 256 g/mol. The Kier molecular flexibility index (Phi) is 3.35. The summed E-state index contributed by atoms with van der Waals surface area (Å²) in [6.45, 7) is 3.21. The minimum atomic E-state index is -0.841. The van der Waals surface area contributed by atoms with Crippen LogP contribution in [0.5, 0.6) is 0 Å². The van der Waals surface area contributed by atoms with Crippen LogP contribution < -0.4 is 5.32 Å². The van der Waals surface area contributed by atoms with Crippen LogP contribution >= 0.6 is 15.9 Å². The summed E-state index contributed by atoms with van der Waals surface area (Å²) in [5, 5.41) is 2.21. The van der Waals surface area contributed by atoms with Crippen molar-refractivity contribution >= 4 is 27.5 Å². The summed E-state index contributed by atoms with van der Waals surface area (Å²) in [7, 11) is 0. The third kappa shape index (κ3) is 2.38. The molecule has 5 heteroatoms. The standard InChI is InChI=1S/C9H6BrF2NO/c1-2-8(14)13-9-6(10)3-5(11)4-7(9)12/h2-4H,1H2,(H,13,14). The van der Waals surface area contributed by atoms with Gasteiger partial charge in [0.05, 0.1) is 5.69 Å². The van der Waals surface area contributed by atoms with E-state index < -0.39 is 17.5 Å². The first-order chi connectivity index (χ1) is 6.54. The molecule has 2 nitrogen and oxygen atoms in total. The molecule has 0 saturated heterocycles. The molecule has 1 rings (SSSR count). The molecule has 0 heterocycles. The minimum absolute atomic E-state index is 0.101. The Morgan fingerprint density at radius 1 is 1.50 bits per heavy atom. The van der Waals surface area contributed by atoms with E-state index >= 15 is 0 Å². The Morgan fingerprint density at radius 3 is 2.64 bits per heavy atom. The van der Waals surface area contributed by atoms with Crippen LogP contribution in [0.3, 0.4) is 0 Å². The third-order valence-corrected chi connectivity index (χ3v) is 2.07. The van der Waals surface area contributed by atoms with E-state index in [1.165, 1.54) is 0 Å². The second-order valence-electron chi connectivity index (χ2n) is 2.44. The smallest absolute Gasteiger partial charge is 0.247 e. The number of hydrogen-bond acceptors (Lipinski definition) is 1. The Labute approximate surface area is 87.7 Å². The predicted octanol–water partition coefficient (Wildman–Crippen LogP) is 2.85. The highest BCUT2D eigenvalue weighted by atomic mass is 79.9. The largest absolute Gasteiger partial charge is 0.319 e. The molecule has 0 aromatic heterocycles. The minimum Gasteiger partial charge on any atom is -0.319 e. The summed E-state index contributed by atoms with van der Waals surface area (Å²) < 4.78 is 25.9. The molecule has 0 aliphatic carbocycles. The van der Waals surface area contributed by atoms with Crippen molar-refractivity contribution < 1.29 is 13.6 Å². The van der Waals surface area contributed by atoms with E-state index in [9.17, 15) is 13.6 Å². The molecule has 0 bridgehead atoms. The maximum atomic E-state index is 13.1. The van der Waals surface area contributed by atoms with Crippen LogP contribution in [-0.4, -0.2) is 5.91 Å². The number of nitrogens with one attached hydrogen (secondary N) is 1. The zero-order valence-corrected chi connectivity index (χ0v) is 8.57. The summed E-state index contributed by atoms with van der Waals surface area (Å²) in [6, 6.07) is 1.74. The Morgan fingerprint density at radius 2 is 2.14 bits per heavy atom. The highest BCUT2D eigenvalue weighted by Gasteiger charge is 2.10. The number of anilines is 1. The molecule has 0 aliphatic heterocycles. The summed E-state index contributed by atoms with van der Waals surface area (Å²) in [5.41, 5.74) is -0.101. The number of carbonyl (C=O) groups excluding carboxylic acids is 1. The third-order valence-electron chi connectivity index (χ3n) is 1.44. The van der Waals surface area contributed by atoms with Crippen LogP contribution in [0.4, 0.5) is 14.5 Å². The van der Waals surface area contributed by atoms with Crippen molar-refractivity contribution in [3.05, 3.63) is 40.9 Å². The van der Waals surface area contributed by atoms with Gasteiger partial charge in [0, 0.05) is 10.5 Å². The molecule has 0 saturated carbocycles. The molecule has 1 N–H and O–H groups in total. The lowest BCUT2D eigenvalue weighted by Crippen LogP contribution is -2.09. The van der Waals surface area contributed by atoms with Crippen molar-refractivity contribution in [1.82, 2.24) is 0 Å². The van der Waals surface area contributed by atoms with Crippen LogP contribution in [0.1, 0.15) is 0 Å². The van der Waals surface area contributed by atoms with Crippen LogP contribution in [0.2, 0.25) is 0 Å². The number of benzene rings is 1. The van der Waals surface area contributed by atoms with Crippen LogP contribution in [0.25, 0.3) is 0 Å². The van der Waals surface area contributed by atoms with Gasteiger partial charge in [0.2, 0.25) is 5.91 Å². The maximum absolute atomic E-state index is 13.1. The first kappa shape index (κ1) is 10.8. The number of halogens is 3. The van der Waals surface area contributed by atoms with Gasteiger partial charge in [0.1, 0.15) is 5.82 Å². The number of rotatable bonds is 2. The van der Waals surface area contributed by atoms with Crippen molar-refractivity contribution in [3.8, 4) is 0 Å². The van der Waals surface area contributed by atoms with E-state index in [1.807, 2.05) is 0 Å². The molecule has 0 radical (unpaired) electrons. The molecule has 1 aromatic rings. The Hall–Kier alpha value is -1.23. The van der Waals surface area contributed by atoms with E-state index in [-0.39, 0.29) is 10.2 Å². The lowest BCUT2D eigenvalue weighted by Gasteiger charge is -2.06. The molecule has 0 fully saturated rings. The predicted molar refractivity (Wildman–Crippen MR) is 52.9 cm³/mol. The number of hydrogen-bond donors (Lipinski definition) is 1. The molecule has 14 heavy (non-hydrogen) atoms. The summed E-state index contributed by atoms with van der Waals surface area (Å²) >= 11 is 2.93. The van der Waals surface area contributed by atoms with E-state index in [1.54, 1.807) is 0 Å². The molecular formula is C9H6BrF2NO. The molecule has 0 atom stereocenters. The lowest BCUT2D eigenvalue weighted by atomic mass is 10.3. The molecule has 0 aliphatic rings. The topological polar surface area (TPSA) is 29.1 Å². The van der Waals surface area contributed by atoms with Gasteiger partial charge in [-0.1, -0.05) is 6.58 Å². The first-order valence-electron chi connectivity index (χ1n) is 3.62. The van der Waals surface area contributed by atoms with Crippen LogP contribution in [0.15, 0.2) is 29.3 Å². The lowest BCUT2D eigenvalue weighted by molar-refractivity contribution is -0.111. The van der Waals surface area contributed by atoms with Gasteiger partial charge in [-0.2, -0.15) is 0 Å². The average Bonchev–Trinajstić information content (AvgIpc) is 2.10. The highest BCUT2D eigenvalue weighted by Crippen LogP contribution is 2.26. The van der Waals surface area contributed by atoms with Crippen molar-refractivity contribution in [2.45, 2.75) is 0 Å². The molecule has 0 spiro atoms. The van der Waals surface area contributed by atoms with Crippen LogP contribution in [-0.2, 0) is 4.79 Å². The van der Waals surface area contributed by atoms with E-state index in [0.717, 1.165) is 12.1 Å². The van der Waals surface area contributed by atoms with Gasteiger partial charge in [-0.25, -0.2) is 8.78 Å². The summed E-state index contributed by atoms with van der Waals surface area (Å²) in [5.74, 6) is -2.12. The monoisotopic (exact) mass is 261 g/mol. The van der Waals surface area contributed by atoms with Crippen molar-refractivity contribution in [3.63, 3.8) is 0 Å². The van der Waals surface area contributed by atoms with E-state index in [4.69, 9.17) is 0 Å². The van der Waals surface area contributed by atoms with Crippen molar-refractivity contribution in [2.24, 2.45) is 0 Å². The Bertz CT molecular complexity index is 369. The van der Waals surface area contributed by atoms with Gasteiger partial charge in [0.15, 0.2) is 5.82 Å². The van der Waals surface area contributed by atoms with Crippen molar-refractivity contribution in [2.75, 3.05) is 5.32 Å². The zero-order valence-electron chi connectivity index (χ0n) is 6.98. The van der Waals surface area contributed by atoms with Gasteiger partial charge < -0.3 is 5.32 Å². The van der Waals surface area contributed by atoms with E-state index in [2.05, 4.69) is 27.8 Å². The fourth-order valence-corrected chi connectivity index (χ4v) is 1.34. The van der Waals surface area contributed by atoms with Crippen molar-refractivity contribution in [1.29, 1.82) is 0 Å². The van der Waals surface area contributed by atoms with Gasteiger partial charge in [0.25, 0.3) is 0 Å². The van der Waals surface area contributed by atoms with Gasteiger partial charge >= 0.3 is 0 Å². The van der Waals surface area contributed by atoms with Gasteiger partial charge in [-0.3, -0.25) is 4.79 Å². The normalized spacial score (nSPS) is 9.64. The Balaban J connectivity index is 3.08. The molecule has 1 aromatic carbocycles. The quantitative estimate of drug-likeness (QED) is 0.816. The SMILES string of the molecule is C=CC(=O)Nc1c(F)cc(F)cc1Br. The average molecular weight is 262 g/mol. The second kappa shape index (κ2) is 4.32. The second-order valence-corrected chi connectivity index (χ2v) is 3.29. The number of carbonyl (C=O) groups is 1. The summed E-state index contributed by atoms with van der Waals surface area (Å²) in [4.78, 5) is 10.9. The highest BCUT2D eigenvalue weighted by molar-refractivity contribution is 9.10. The van der Waals surface area contributed by atoms with Gasteiger partial charge in [-0.05, 0) is 28.1 Å².